The van der Waals surface area contributed by atoms with Gasteiger partial charge in [0.2, 0.25) is 5.91 Å². The summed E-state index contributed by atoms with van der Waals surface area (Å²) in [5, 5.41) is 13.1. The molecule has 0 aliphatic carbocycles. The average Bonchev–Trinajstić information content (AvgIpc) is 2.76. The molecule has 31 heavy (non-hydrogen) atoms. The van der Waals surface area contributed by atoms with Crippen LogP contribution < -0.4 is 16.2 Å². The second-order valence-corrected chi connectivity index (χ2v) is 6.24. The molecule has 0 radical (unpaired) electrons. The maximum Gasteiger partial charge on any atom is 0.306 e. The lowest BCUT2D eigenvalue weighted by molar-refractivity contribution is -0.384. The molecule has 0 saturated carbocycles. The lowest BCUT2D eigenvalue weighted by Crippen LogP contribution is -2.41. The number of carbonyl (C=O) groups is 4. The number of nitro benzene ring substituents is 1. The molecular weight excluding hydrogens is 408 g/mol. The van der Waals surface area contributed by atoms with Crippen LogP contribution in [-0.4, -0.2) is 35.2 Å². The van der Waals surface area contributed by atoms with Crippen molar-refractivity contribution in [3.05, 3.63) is 70.3 Å². The zero-order chi connectivity index (χ0) is 22.6. The molecule has 0 spiro atoms. The SMILES string of the molecule is O=C(CCCC(=O)OCC(=O)Nc1cccc([N+](=O)[O-])c1)NNC(=O)c1ccccc1. The Bertz CT molecular complexity index is 963. The third-order valence-corrected chi connectivity index (χ3v) is 3.84. The van der Waals surface area contributed by atoms with Crippen LogP contribution in [0.3, 0.4) is 0 Å². The van der Waals surface area contributed by atoms with Gasteiger partial charge in [-0.25, -0.2) is 0 Å². The van der Waals surface area contributed by atoms with Crippen LogP contribution in [0.5, 0.6) is 0 Å². The van der Waals surface area contributed by atoms with E-state index in [2.05, 4.69) is 16.2 Å². The third-order valence-electron chi connectivity index (χ3n) is 3.84. The molecule has 0 aromatic heterocycles. The van der Waals surface area contributed by atoms with Gasteiger partial charge in [0.25, 0.3) is 17.5 Å². The van der Waals surface area contributed by atoms with E-state index in [1.165, 1.54) is 24.3 Å². The average molecular weight is 428 g/mol. The Morgan fingerprint density at radius 3 is 2.35 bits per heavy atom. The minimum atomic E-state index is -0.685. The molecule has 3 N–H and O–H groups in total. The van der Waals surface area contributed by atoms with Crippen molar-refractivity contribution in [3.8, 4) is 0 Å². The quantitative estimate of drug-likeness (QED) is 0.312. The van der Waals surface area contributed by atoms with E-state index in [9.17, 15) is 29.3 Å². The molecule has 0 fully saturated rings. The fourth-order valence-corrected chi connectivity index (χ4v) is 2.36. The first-order valence-corrected chi connectivity index (χ1v) is 9.19. The number of nitro groups is 1. The van der Waals surface area contributed by atoms with Crippen LogP contribution in [0.1, 0.15) is 29.6 Å². The summed E-state index contributed by atoms with van der Waals surface area (Å²) >= 11 is 0. The van der Waals surface area contributed by atoms with E-state index in [-0.39, 0.29) is 30.6 Å². The summed E-state index contributed by atoms with van der Waals surface area (Å²) in [5.41, 5.74) is 4.90. The molecule has 0 atom stereocenters. The number of rotatable bonds is 9. The summed E-state index contributed by atoms with van der Waals surface area (Å²) in [6.45, 7) is -0.569. The van der Waals surface area contributed by atoms with Gasteiger partial charge in [0.05, 0.1) is 4.92 Å². The number of benzene rings is 2. The summed E-state index contributed by atoms with van der Waals surface area (Å²) in [7, 11) is 0. The van der Waals surface area contributed by atoms with Crippen LogP contribution in [0, 0.1) is 10.1 Å². The van der Waals surface area contributed by atoms with Crippen LogP contribution in [0.4, 0.5) is 11.4 Å². The van der Waals surface area contributed by atoms with Crippen LogP contribution in [-0.2, 0) is 19.1 Å². The fraction of sp³-hybridized carbons (Fsp3) is 0.200. The van der Waals surface area contributed by atoms with Crippen LogP contribution in [0.2, 0.25) is 0 Å². The van der Waals surface area contributed by atoms with Gasteiger partial charge < -0.3 is 10.1 Å². The van der Waals surface area contributed by atoms with E-state index in [1.54, 1.807) is 30.3 Å². The number of anilines is 1. The number of amides is 3. The van der Waals surface area contributed by atoms with E-state index in [0.717, 1.165) is 0 Å². The van der Waals surface area contributed by atoms with E-state index >= 15 is 0 Å². The second-order valence-electron chi connectivity index (χ2n) is 6.24. The number of hydrogen-bond donors (Lipinski definition) is 3. The lowest BCUT2D eigenvalue weighted by Gasteiger charge is -2.08. The van der Waals surface area contributed by atoms with Gasteiger partial charge in [-0.3, -0.25) is 40.1 Å². The Kier molecular flexibility index (Phi) is 8.65. The van der Waals surface area contributed by atoms with Gasteiger partial charge in [-0.1, -0.05) is 24.3 Å². The molecule has 2 aromatic rings. The van der Waals surface area contributed by atoms with Crippen molar-refractivity contribution in [2.45, 2.75) is 19.3 Å². The zero-order valence-corrected chi connectivity index (χ0v) is 16.3. The molecule has 0 aliphatic rings. The highest BCUT2D eigenvalue weighted by Crippen LogP contribution is 2.16. The highest BCUT2D eigenvalue weighted by Gasteiger charge is 2.12. The highest BCUT2D eigenvalue weighted by atomic mass is 16.6. The molecule has 0 unspecified atom stereocenters. The minimum absolute atomic E-state index is 0.0376. The highest BCUT2D eigenvalue weighted by molar-refractivity contribution is 5.95. The van der Waals surface area contributed by atoms with Gasteiger partial charge in [-0.05, 0) is 24.6 Å². The first-order valence-electron chi connectivity index (χ1n) is 9.19. The first-order chi connectivity index (χ1) is 14.8. The number of carbonyl (C=O) groups excluding carboxylic acids is 4. The van der Waals surface area contributed by atoms with E-state index in [4.69, 9.17) is 4.74 Å². The van der Waals surface area contributed by atoms with E-state index < -0.39 is 35.2 Å². The Balaban J connectivity index is 1.61. The molecule has 3 amide bonds. The van der Waals surface area contributed by atoms with Gasteiger partial charge in [-0.2, -0.15) is 0 Å². The number of hydrogen-bond acceptors (Lipinski definition) is 7. The standard InChI is InChI=1S/C20H20N4O7/c25-17(22-23-20(28)14-6-2-1-3-7-14)10-5-11-19(27)31-13-18(26)21-15-8-4-9-16(12-15)24(29)30/h1-4,6-9,12H,5,10-11,13H2,(H,21,26)(H,22,25)(H,23,28). The zero-order valence-electron chi connectivity index (χ0n) is 16.3. The third kappa shape index (κ3) is 8.31. The summed E-state index contributed by atoms with van der Waals surface area (Å²) in [5.74, 6) is -2.30. The van der Waals surface area contributed by atoms with Gasteiger partial charge in [0.1, 0.15) is 0 Å². The molecule has 2 rings (SSSR count). The molecule has 0 heterocycles. The molecule has 162 valence electrons. The molecular formula is C20H20N4O7. The Morgan fingerprint density at radius 1 is 0.903 bits per heavy atom. The molecule has 0 bridgehead atoms. The van der Waals surface area contributed by atoms with Gasteiger partial charge >= 0.3 is 5.97 Å². The molecule has 11 heteroatoms. The monoisotopic (exact) mass is 428 g/mol. The largest absolute Gasteiger partial charge is 0.456 e. The van der Waals surface area contributed by atoms with Crippen molar-refractivity contribution >= 4 is 35.1 Å². The Hall–Kier alpha value is -4.28. The number of nitrogens with zero attached hydrogens (tertiary/aromatic N) is 1. The number of esters is 1. The Morgan fingerprint density at radius 2 is 1.65 bits per heavy atom. The van der Waals surface area contributed by atoms with Crippen molar-refractivity contribution < 1.29 is 28.8 Å². The number of hydrazine groups is 1. The van der Waals surface area contributed by atoms with E-state index in [0.29, 0.717) is 5.56 Å². The second kappa shape index (κ2) is 11.7. The number of nitrogens with one attached hydrogen (secondary N) is 3. The van der Waals surface area contributed by atoms with E-state index in [1.807, 2.05) is 0 Å². The van der Waals surface area contributed by atoms with Crippen LogP contribution in [0.15, 0.2) is 54.6 Å². The van der Waals surface area contributed by atoms with Gasteiger partial charge in [0, 0.05) is 36.2 Å². The summed E-state index contributed by atoms with van der Waals surface area (Å²) < 4.78 is 4.81. The van der Waals surface area contributed by atoms with Gasteiger partial charge in [-0.15, -0.1) is 0 Å². The molecule has 0 aliphatic heterocycles. The lowest BCUT2D eigenvalue weighted by atomic mass is 10.2. The van der Waals surface area contributed by atoms with Crippen molar-refractivity contribution in [1.29, 1.82) is 0 Å². The normalized spacial score (nSPS) is 9.94. The molecule has 2 aromatic carbocycles. The maximum atomic E-state index is 11.8. The number of ether oxygens (including phenoxy) is 1. The maximum absolute atomic E-state index is 11.8. The van der Waals surface area contributed by atoms with Crippen LogP contribution >= 0.6 is 0 Å². The van der Waals surface area contributed by atoms with Crippen molar-refractivity contribution in [3.63, 3.8) is 0 Å². The number of non-ortho nitro benzene ring substituents is 1. The van der Waals surface area contributed by atoms with Gasteiger partial charge in [0.15, 0.2) is 6.61 Å². The van der Waals surface area contributed by atoms with Crippen molar-refractivity contribution in [2.75, 3.05) is 11.9 Å². The predicted octanol–water partition coefficient (Wildman–Crippen LogP) is 1.71. The first kappa shape index (κ1) is 23.0. The minimum Gasteiger partial charge on any atom is -0.456 e. The molecule has 0 saturated heterocycles. The summed E-state index contributed by atoms with van der Waals surface area (Å²) in [4.78, 5) is 57.1. The fourth-order valence-electron chi connectivity index (χ4n) is 2.36. The molecule has 11 nitrogen and oxygen atoms in total. The van der Waals surface area contributed by atoms with Crippen molar-refractivity contribution in [1.82, 2.24) is 10.9 Å². The predicted molar refractivity (Wildman–Crippen MR) is 109 cm³/mol. The smallest absolute Gasteiger partial charge is 0.306 e. The summed E-state index contributed by atoms with van der Waals surface area (Å²) in [6.07, 6.45) is 0.00651. The van der Waals surface area contributed by atoms with Crippen LogP contribution in [0.25, 0.3) is 0 Å². The topological polar surface area (TPSA) is 157 Å². The Labute approximate surface area is 176 Å². The summed E-state index contributed by atoms with van der Waals surface area (Å²) in [6, 6.07) is 13.6. The van der Waals surface area contributed by atoms with Crippen molar-refractivity contribution in [2.24, 2.45) is 0 Å².